The van der Waals surface area contributed by atoms with Gasteiger partial charge in [-0.1, -0.05) is 6.92 Å². The lowest BCUT2D eigenvalue weighted by Gasteiger charge is -2.11. The maximum atomic E-state index is 4.61. The summed E-state index contributed by atoms with van der Waals surface area (Å²) < 4.78 is 1.88. The van der Waals surface area contributed by atoms with Gasteiger partial charge in [0, 0.05) is 30.5 Å². The summed E-state index contributed by atoms with van der Waals surface area (Å²) in [6.07, 6.45) is 4.87. The lowest BCUT2D eigenvalue weighted by molar-refractivity contribution is 0.660. The number of hydrogen-bond acceptors (Lipinski definition) is 4. The molecule has 0 aliphatic rings. The zero-order valence-corrected chi connectivity index (χ0v) is 12.1. The van der Waals surface area contributed by atoms with Crippen molar-refractivity contribution >= 4 is 5.82 Å². The number of rotatable bonds is 5. The molecule has 0 aliphatic heterocycles. The van der Waals surface area contributed by atoms with E-state index in [1.807, 2.05) is 30.9 Å². The van der Waals surface area contributed by atoms with E-state index in [1.165, 1.54) is 0 Å². The number of anilines is 1. The molecule has 0 atom stereocenters. The van der Waals surface area contributed by atoms with Crippen molar-refractivity contribution in [3.63, 3.8) is 0 Å². The van der Waals surface area contributed by atoms with Crippen LogP contribution in [0.3, 0.4) is 0 Å². The third kappa shape index (κ3) is 2.92. The Morgan fingerprint density at radius 2 is 2.00 bits per heavy atom. The standard InChI is InChI=1S/C14H21N5/c1-5-7-15-13-10(3)11(4)17-14(18-13)12-8-16-19(6-2)9-12/h8-9H,5-7H2,1-4H3,(H,15,17,18). The maximum Gasteiger partial charge on any atom is 0.164 e. The average molecular weight is 259 g/mol. The van der Waals surface area contributed by atoms with Crippen LogP contribution in [0.25, 0.3) is 11.4 Å². The molecule has 5 heteroatoms. The van der Waals surface area contributed by atoms with Gasteiger partial charge in [0.2, 0.25) is 0 Å². The molecule has 2 aromatic heterocycles. The van der Waals surface area contributed by atoms with E-state index in [0.29, 0.717) is 0 Å². The Morgan fingerprint density at radius 1 is 1.21 bits per heavy atom. The highest BCUT2D eigenvalue weighted by Gasteiger charge is 2.10. The van der Waals surface area contributed by atoms with Crippen molar-refractivity contribution in [2.45, 2.75) is 40.7 Å². The minimum absolute atomic E-state index is 0.737. The highest BCUT2D eigenvalue weighted by atomic mass is 15.3. The summed E-state index contributed by atoms with van der Waals surface area (Å²) in [5.41, 5.74) is 3.08. The first-order chi connectivity index (χ1) is 9.15. The van der Waals surface area contributed by atoms with Crippen LogP contribution in [0, 0.1) is 13.8 Å². The summed E-state index contributed by atoms with van der Waals surface area (Å²) in [6.45, 7) is 10.0. The Hall–Kier alpha value is -1.91. The van der Waals surface area contributed by atoms with Gasteiger partial charge in [-0.2, -0.15) is 5.10 Å². The number of nitrogens with zero attached hydrogens (tertiary/aromatic N) is 4. The van der Waals surface area contributed by atoms with Crippen LogP contribution in [0.2, 0.25) is 0 Å². The van der Waals surface area contributed by atoms with E-state index in [1.54, 1.807) is 0 Å². The molecule has 0 saturated heterocycles. The quantitative estimate of drug-likeness (QED) is 0.897. The summed E-state index contributed by atoms with van der Waals surface area (Å²) in [4.78, 5) is 9.17. The minimum atomic E-state index is 0.737. The second-order valence-corrected chi connectivity index (χ2v) is 4.62. The van der Waals surface area contributed by atoms with Gasteiger partial charge in [0.25, 0.3) is 0 Å². The zero-order chi connectivity index (χ0) is 13.8. The van der Waals surface area contributed by atoms with Gasteiger partial charge in [-0.3, -0.25) is 4.68 Å². The molecule has 0 fully saturated rings. The molecule has 0 amide bonds. The molecule has 1 N–H and O–H groups in total. The molecule has 0 aromatic carbocycles. The summed E-state index contributed by atoms with van der Waals surface area (Å²) in [5, 5.41) is 7.63. The molecule has 0 aliphatic carbocycles. The molecule has 19 heavy (non-hydrogen) atoms. The second kappa shape index (κ2) is 5.82. The normalized spacial score (nSPS) is 10.7. The maximum absolute atomic E-state index is 4.61. The van der Waals surface area contributed by atoms with Crippen LogP contribution < -0.4 is 5.32 Å². The smallest absolute Gasteiger partial charge is 0.164 e. The van der Waals surface area contributed by atoms with Crippen LogP contribution >= 0.6 is 0 Å². The van der Waals surface area contributed by atoms with Gasteiger partial charge in [0.15, 0.2) is 5.82 Å². The first-order valence-electron chi connectivity index (χ1n) is 6.77. The summed E-state index contributed by atoms with van der Waals surface area (Å²) >= 11 is 0. The van der Waals surface area contributed by atoms with Crippen LogP contribution in [0.1, 0.15) is 31.5 Å². The van der Waals surface area contributed by atoms with E-state index >= 15 is 0 Å². The Kier molecular flexibility index (Phi) is 4.14. The molecule has 2 heterocycles. The largest absolute Gasteiger partial charge is 0.370 e. The average Bonchev–Trinajstić information content (AvgIpc) is 2.89. The highest BCUT2D eigenvalue weighted by molar-refractivity contribution is 5.58. The van der Waals surface area contributed by atoms with Crippen molar-refractivity contribution in [2.24, 2.45) is 0 Å². The lowest BCUT2D eigenvalue weighted by Crippen LogP contribution is -2.07. The van der Waals surface area contributed by atoms with Crippen LogP contribution in [0.4, 0.5) is 5.82 Å². The molecular formula is C14H21N5. The van der Waals surface area contributed by atoms with E-state index in [-0.39, 0.29) is 0 Å². The van der Waals surface area contributed by atoms with Gasteiger partial charge < -0.3 is 5.32 Å². The number of aromatic nitrogens is 4. The summed E-state index contributed by atoms with van der Waals surface area (Å²) in [6, 6.07) is 0. The Bertz CT molecular complexity index is 559. The van der Waals surface area contributed by atoms with E-state index in [9.17, 15) is 0 Å². The topological polar surface area (TPSA) is 55.6 Å². The van der Waals surface area contributed by atoms with Crippen LogP contribution in [-0.2, 0) is 6.54 Å². The molecular weight excluding hydrogens is 238 g/mol. The molecule has 5 nitrogen and oxygen atoms in total. The molecule has 0 radical (unpaired) electrons. The fourth-order valence-corrected chi connectivity index (χ4v) is 1.83. The van der Waals surface area contributed by atoms with Crippen molar-refractivity contribution in [1.29, 1.82) is 0 Å². The van der Waals surface area contributed by atoms with Crippen molar-refractivity contribution in [1.82, 2.24) is 19.7 Å². The molecule has 0 bridgehead atoms. The van der Waals surface area contributed by atoms with Crippen molar-refractivity contribution in [3.05, 3.63) is 23.7 Å². The molecule has 0 unspecified atom stereocenters. The molecule has 0 spiro atoms. The predicted octanol–water partition coefficient (Wildman–Crippen LogP) is 2.80. The first kappa shape index (κ1) is 13.5. The van der Waals surface area contributed by atoms with Crippen LogP contribution in [-0.4, -0.2) is 26.3 Å². The zero-order valence-electron chi connectivity index (χ0n) is 12.1. The highest BCUT2D eigenvalue weighted by Crippen LogP contribution is 2.21. The fraction of sp³-hybridized carbons (Fsp3) is 0.500. The Balaban J connectivity index is 2.37. The summed E-state index contributed by atoms with van der Waals surface area (Å²) in [5.74, 6) is 1.66. The summed E-state index contributed by atoms with van der Waals surface area (Å²) in [7, 11) is 0. The molecule has 0 saturated carbocycles. The third-order valence-corrected chi connectivity index (χ3v) is 3.15. The molecule has 2 rings (SSSR count). The lowest BCUT2D eigenvalue weighted by atomic mass is 10.2. The van der Waals surface area contributed by atoms with Crippen molar-refractivity contribution in [3.8, 4) is 11.4 Å². The van der Waals surface area contributed by atoms with E-state index in [4.69, 9.17) is 0 Å². The van der Waals surface area contributed by atoms with Gasteiger partial charge in [-0.15, -0.1) is 0 Å². The Morgan fingerprint density at radius 3 is 2.63 bits per heavy atom. The van der Waals surface area contributed by atoms with E-state index in [0.717, 1.165) is 48.0 Å². The van der Waals surface area contributed by atoms with E-state index in [2.05, 4.69) is 34.2 Å². The molecule has 102 valence electrons. The fourth-order valence-electron chi connectivity index (χ4n) is 1.83. The van der Waals surface area contributed by atoms with Crippen LogP contribution in [0.15, 0.2) is 12.4 Å². The number of hydrogen-bond donors (Lipinski definition) is 1. The van der Waals surface area contributed by atoms with Crippen LogP contribution in [0.5, 0.6) is 0 Å². The predicted molar refractivity (Wildman–Crippen MR) is 77.2 cm³/mol. The van der Waals surface area contributed by atoms with E-state index < -0.39 is 0 Å². The van der Waals surface area contributed by atoms with Gasteiger partial charge in [-0.05, 0) is 27.2 Å². The number of aryl methyl sites for hydroxylation is 2. The molecule has 2 aromatic rings. The Labute approximate surface area is 114 Å². The van der Waals surface area contributed by atoms with Gasteiger partial charge >= 0.3 is 0 Å². The van der Waals surface area contributed by atoms with Gasteiger partial charge in [0.1, 0.15) is 5.82 Å². The monoisotopic (exact) mass is 259 g/mol. The SMILES string of the molecule is CCCNc1nc(-c2cnn(CC)c2)nc(C)c1C. The first-order valence-corrected chi connectivity index (χ1v) is 6.77. The van der Waals surface area contributed by atoms with Crippen molar-refractivity contribution < 1.29 is 0 Å². The second-order valence-electron chi connectivity index (χ2n) is 4.62. The minimum Gasteiger partial charge on any atom is -0.370 e. The van der Waals surface area contributed by atoms with Gasteiger partial charge in [-0.25, -0.2) is 9.97 Å². The van der Waals surface area contributed by atoms with Crippen molar-refractivity contribution in [2.75, 3.05) is 11.9 Å². The van der Waals surface area contributed by atoms with Gasteiger partial charge in [0.05, 0.1) is 11.8 Å². The third-order valence-electron chi connectivity index (χ3n) is 3.15. The number of nitrogens with one attached hydrogen (secondary N) is 1.